The number of aromatic hydroxyl groups is 1. The summed E-state index contributed by atoms with van der Waals surface area (Å²) < 4.78 is 5.48. The van der Waals surface area contributed by atoms with Crippen LogP contribution in [-0.2, 0) is 4.79 Å². The molecule has 0 heterocycles. The van der Waals surface area contributed by atoms with E-state index in [1.54, 1.807) is 43.3 Å². The molecule has 21 heavy (non-hydrogen) atoms. The number of carbonyl (C=O) groups excluding carboxylic acids is 1. The minimum atomic E-state index is -0.649. The van der Waals surface area contributed by atoms with Gasteiger partial charge >= 0.3 is 0 Å². The lowest BCUT2D eigenvalue weighted by Crippen LogP contribution is -2.33. The summed E-state index contributed by atoms with van der Waals surface area (Å²) in [6, 6.07) is 15.6. The van der Waals surface area contributed by atoms with Crippen LogP contribution in [0.1, 0.15) is 12.5 Å². The second-order valence-corrected chi connectivity index (χ2v) is 4.40. The molecule has 5 nitrogen and oxygen atoms in total. The summed E-state index contributed by atoms with van der Waals surface area (Å²) >= 11 is 0. The van der Waals surface area contributed by atoms with Gasteiger partial charge in [0.2, 0.25) is 0 Å². The highest BCUT2D eigenvalue weighted by Crippen LogP contribution is 2.10. The van der Waals surface area contributed by atoms with Gasteiger partial charge < -0.3 is 9.84 Å². The number of benzene rings is 2. The molecule has 0 spiro atoms. The van der Waals surface area contributed by atoms with E-state index < -0.39 is 6.10 Å². The van der Waals surface area contributed by atoms with E-state index in [1.807, 2.05) is 18.2 Å². The molecule has 2 aromatic rings. The van der Waals surface area contributed by atoms with Gasteiger partial charge in [-0.2, -0.15) is 5.10 Å². The first kappa shape index (κ1) is 14.6. The first-order chi connectivity index (χ1) is 10.1. The van der Waals surface area contributed by atoms with E-state index in [2.05, 4.69) is 10.5 Å². The number of para-hydroxylation sites is 1. The largest absolute Gasteiger partial charge is 0.508 e. The normalized spacial score (nSPS) is 12.0. The monoisotopic (exact) mass is 284 g/mol. The molecule has 0 fully saturated rings. The molecular formula is C16H16N2O3. The van der Waals surface area contributed by atoms with Crippen molar-refractivity contribution in [2.45, 2.75) is 13.0 Å². The molecule has 2 aromatic carbocycles. The van der Waals surface area contributed by atoms with Gasteiger partial charge in [0.15, 0.2) is 6.10 Å². The van der Waals surface area contributed by atoms with Crippen molar-refractivity contribution in [2.75, 3.05) is 0 Å². The average Bonchev–Trinajstić information content (AvgIpc) is 2.50. The average molecular weight is 284 g/mol. The molecule has 0 radical (unpaired) electrons. The molecule has 0 saturated carbocycles. The second kappa shape index (κ2) is 7.09. The predicted octanol–water partition coefficient (Wildman–Crippen LogP) is 2.31. The Morgan fingerprint density at radius 1 is 1.19 bits per heavy atom. The number of hydrogen-bond acceptors (Lipinski definition) is 4. The van der Waals surface area contributed by atoms with Gasteiger partial charge in [-0.25, -0.2) is 5.43 Å². The Kier molecular flexibility index (Phi) is 4.93. The summed E-state index contributed by atoms with van der Waals surface area (Å²) in [4.78, 5) is 11.8. The Balaban J connectivity index is 1.85. The Labute approximate surface area is 122 Å². The molecule has 108 valence electrons. The number of carbonyl (C=O) groups is 1. The van der Waals surface area contributed by atoms with E-state index in [4.69, 9.17) is 9.84 Å². The molecule has 0 aromatic heterocycles. The molecule has 0 aliphatic carbocycles. The minimum absolute atomic E-state index is 0.182. The minimum Gasteiger partial charge on any atom is -0.508 e. The number of rotatable bonds is 5. The van der Waals surface area contributed by atoms with Crippen molar-refractivity contribution in [2.24, 2.45) is 5.10 Å². The Morgan fingerprint density at radius 2 is 1.86 bits per heavy atom. The van der Waals surface area contributed by atoms with Gasteiger partial charge in [-0.1, -0.05) is 18.2 Å². The number of ether oxygens (including phenoxy) is 1. The Hall–Kier alpha value is -2.82. The third kappa shape index (κ3) is 4.65. The van der Waals surface area contributed by atoms with Crippen LogP contribution in [0.2, 0.25) is 0 Å². The highest BCUT2D eigenvalue weighted by atomic mass is 16.5. The fourth-order valence-electron chi connectivity index (χ4n) is 1.58. The second-order valence-electron chi connectivity index (χ2n) is 4.40. The van der Waals surface area contributed by atoms with Crippen LogP contribution in [0.3, 0.4) is 0 Å². The number of hydrazone groups is 1. The third-order valence-electron chi connectivity index (χ3n) is 2.71. The van der Waals surface area contributed by atoms with E-state index in [0.29, 0.717) is 5.75 Å². The van der Waals surface area contributed by atoms with Crippen molar-refractivity contribution >= 4 is 12.1 Å². The number of nitrogens with one attached hydrogen (secondary N) is 1. The molecule has 1 atom stereocenters. The van der Waals surface area contributed by atoms with Crippen molar-refractivity contribution in [3.63, 3.8) is 0 Å². The van der Waals surface area contributed by atoms with E-state index in [9.17, 15) is 4.79 Å². The molecular weight excluding hydrogens is 268 g/mol. The van der Waals surface area contributed by atoms with Crippen LogP contribution < -0.4 is 10.2 Å². The number of phenolic OH excluding ortho intramolecular Hbond substituents is 1. The maximum Gasteiger partial charge on any atom is 0.280 e. The quantitative estimate of drug-likeness (QED) is 0.654. The van der Waals surface area contributed by atoms with Crippen molar-refractivity contribution in [1.29, 1.82) is 0 Å². The molecule has 0 unspecified atom stereocenters. The zero-order chi connectivity index (χ0) is 15.1. The number of amides is 1. The molecule has 2 N–H and O–H groups in total. The molecule has 5 heteroatoms. The lowest BCUT2D eigenvalue weighted by atomic mass is 10.2. The highest BCUT2D eigenvalue weighted by molar-refractivity contribution is 5.84. The van der Waals surface area contributed by atoms with Gasteiger partial charge in [-0.3, -0.25) is 4.79 Å². The highest BCUT2D eigenvalue weighted by Gasteiger charge is 2.13. The Morgan fingerprint density at radius 3 is 2.52 bits per heavy atom. The van der Waals surface area contributed by atoms with E-state index in [1.165, 1.54) is 6.21 Å². The predicted molar refractivity (Wildman–Crippen MR) is 80.4 cm³/mol. The summed E-state index contributed by atoms with van der Waals surface area (Å²) in [5.41, 5.74) is 3.18. The lowest BCUT2D eigenvalue weighted by molar-refractivity contribution is -0.127. The smallest absolute Gasteiger partial charge is 0.280 e. The zero-order valence-electron chi connectivity index (χ0n) is 11.6. The van der Waals surface area contributed by atoms with Gasteiger partial charge in [0.05, 0.1) is 6.21 Å². The zero-order valence-corrected chi connectivity index (χ0v) is 11.6. The van der Waals surface area contributed by atoms with Gasteiger partial charge in [-0.05, 0) is 48.9 Å². The van der Waals surface area contributed by atoms with Crippen LogP contribution in [0.5, 0.6) is 11.5 Å². The number of nitrogens with zero attached hydrogens (tertiary/aromatic N) is 1. The van der Waals surface area contributed by atoms with Gasteiger partial charge in [0.25, 0.3) is 5.91 Å². The first-order valence-electron chi connectivity index (χ1n) is 6.49. The van der Waals surface area contributed by atoms with Crippen LogP contribution >= 0.6 is 0 Å². The van der Waals surface area contributed by atoms with Crippen molar-refractivity contribution < 1.29 is 14.6 Å². The van der Waals surface area contributed by atoms with Gasteiger partial charge in [0, 0.05) is 0 Å². The molecule has 0 bridgehead atoms. The van der Waals surface area contributed by atoms with Crippen LogP contribution in [-0.4, -0.2) is 23.3 Å². The summed E-state index contributed by atoms with van der Waals surface area (Å²) in [5.74, 6) is 0.470. The summed E-state index contributed by atoms with van der Waals surface area (Å²) in [6.45, 7) is 1.65. The summed E-state index contributed by atoms with van der Waals surface area (Å²) in [5, 5.41) is 13.0. The SMILES string of the molecule is C[C@H](Oc1ccccc1)C(=O)NN=Cc1ccc(O)cc1. The fourth-order valence-corrected chi connectivity index (χ4v) is 1.58. The fraction of sp³-hybridized carbons (Fsp3) is 0.125. The third-order valence-corrected chi connectivity index (χ3v) is 2.71. The lowest BCUT2D eigenvalue weighted by Gasteiger charge is -2.12. The maximum absolute atomic E-state index is 11.8. The molecule has 0 saturated heterocycles. The van der Waals surface area contributed by atoms with Crippen LogP contribution in [0.15, 0.2) is 59.7 Å². The van der Waals surface area contributed by atoms with Crippen molar-refractivity contribution in [3.05, 3.63) is 60.2 Å². The maximum atomic E-state index is 11.8. The molecule has 2 rings (SSSR count). The van der Waals surface area contributed by atoms with Crippen molar-refractivity contribution in [3.8, 4) is 11.5 Å². The van der Waals surface area contributed by atoms with Gasteiger partial charge in [-0.15, -0.1) is 0 Å². The van der Waals surface area contributed by atoms with E-state index >= 15 is 0 Å². The van der Waals surface area contributed by atoms with E-state index in [0.717, 1.165) is 5.56 Å². The summed E-state index contributed by atoms with van der Waals surface area (Å²) in [6.07, 6.45) is 0.844. The topological polar surface area (TPSA) is 70.9 Å². The summed E-state index contributed by atoms with van der Waals surface area (Å²) in [7, 11) is 0. The molecule has 0 aliphatic heterocycles. The first-order valence-corrected chi connectivity index (χ1v) is 6.49. The standard InChI is InChI=1S/C16H16N2O3/c1-12(21-15-5-3-2-4-6-15)16(20)18-17-11-13-7-9-14(19)10-8-13/h2-12,19H,1H3,(H,18,20)/t12-/m0/s1. The van der Waals surface area contributed by atoms with Crippen LogP contribution in [0.4, 0.5) is 0 Å². The number of phenols is 1. The molecule has 0 aliphatic rings. The molecule has 1 amide bonds. The number of hydrogen-bond donors (Lipinski definition) is 2. The van der Waals surface area contributed by atoms with Crippen LogP contribution in [0, 0.1) is 0 Å². The van der Waals surface area contributed by atoms with Crippen LogP contribution in [0.25, 0.3) is 0 Å². The van der Waals surface area contributed by atoms with Crippen molar-refractivity contribution in [1.82, 2.24) is 5.43 Å². The Bertz CT molecular complexity index is 609. The van der Waals surface area contributed by atoms with E-state index in [-0.39, 0.29) is 11.7 Å². The van der Waals surface area contributed by atoms with Gasteiger partial charge in [0.1, 0.15) is 11.5 Å².